The molecule has 168 valence electrons. The Balaban J connectivity index is 1.47. The molecule has 1 fully saturated rings. The number of benzene rings is 2. The van der Waals surface area contributed by atoms with E-state index in [2.05, 4.69) is 10.3 Å². The van der Waals surface area contributed by atoms with E-state index in [0.717, 1.165) is 18.4 Å². The monoisotopic (exact) mass is 446 g/mol. The topological polar surface area (TPSA) is 106 Å². The van der Waals surface area contributed by atoms with E-state index in [-0.39, 0.29) is 0 Å². The molecule has 2 aromatic carbocycles. The van der Waals surface area contributed by atoms with Gasteiger partial charge >= 0.3 is 0 Å². The number of aliphatic imine (C=N–C) groups is 1. The van der Waals surface area contributed by atoms with E-state index in [1.807, 2.05) is 24.3 Å². The van der Waals surface area contributed by atoms with Crippen molar-refractivity contribution in [2.24, 2.45) is 16.6 Å². The summed E-state index contributed by atoms with van der Waals surface area (Å²) in [5, 5.41) is 3.16. The third-order valence-electron chi connectivity index (χ3n) is 5.41. The minimum absolute atomic E-state index is 0.344. The summed E-state index contributed by atoms with van der Waals surface area (Å²) in [5.74, 6) is 2.03. The van der Waals surface area contributed by atoms with Gasteiger partial charge in [0.25, 0.3) is 0 Å². The van der Waals surface area contributed by atoms with Gasteiger partial charge in [-0.2, -0.15) is 4.31 Å². The highest BCUT2D eigenvalue weighted by atomic mass is 32.2. The molecule has 1 heterocycles. The Labute approximate surface area is 184 Å². The predicted octanol–water partition coefficient (Wildman–Crippen LogP) is 2.21. The Hall–Kier alpha value is -2.78. The maximum absolute atomic E-state index is 12.7. The third-order valence-corrected chi connectivity index (χ3v) is 7.32. The number of ether oxygens (including phenoxy) is 2. The molecule has 8 nitrogen and oxygen atoms in total. The minimum atomic E-state index is -3.42. The fourth-order valence-electron chi connectivity index (χ4n) is 3.56. The molecule has 31 heavy (non-hydrogen) atoms. The zero-order valence-electron chi connectivity index (χ0n) is 18.0. The number of nitrogens with zero attached hydrogens (tertiary/aromatic N) is 2. The summed E-state index contributed by atoms with van der Waals surface area (Å²) >= 11 is 0. The molecular formula is C22H30N4O4S. The first-order valence-corrected chi connectivity index (χ1v) is 11.7. The molecule has 1 aliphatic heterocycles. The fourth-order valence-corrected chi connectivity index (χ4v) is 5.05. The highest BCUT2D eigenvalue weighted by Crippen LogP contribution is 2.28. The second-order valence-corrected chi connectivity index (χ2v) is 9.37. The molecule has 0 amide bonds. The summed E-state index contributed by atoms with van der Waals surface area (Å²) in [4.78, 5) is 4.73. The fraction of sp³-hybridized carbons (Fsp3) is 0.409. The second kappa shape index (κ2) is 10.5. The first-order chi connectivity index (χ1) is 14.9. The molecule has 0 aromatic heterocycles. The number of sulfonamides is 1. The molecule has 0 spiro atoms. The average molecular weight is 447 g/mol. The maximum Gasteiger partial charge on any atom is 0.243 e. The standard InChI is InChI=1S/C22H30N4O4S/c1-29-20-9-8-18(14-21(20)30-2)16-25-22(23)24-15-17-10-12-26(13-11-17)31(27,28)19-6-4-3-5-7-19/h3-9,14,17H,10-13,15-16H2,1-2H3,(H3,23,24,25). The lowest BCUT2D eigenvalue weighted by Crippen LogP contribution is -2.42. The number of guanidine groups is 1. The molecule has 0 aliphatic carbocycles. The molecule has 1 aliphatic rings. The van der Waals surface area contributed by atoms with Gasteiger partial charge in [-0.25, -0.2) is 13.4 Å². The summed E-state index contributed by atoms with van der Waals surface area (Å²) in [7, 11) is -0.231. The molecule has 0 atom stereocenters. The van der Waals surface area contributed by atoms with Crippen molar-refractivity contribution in [1.29, 1.82) is 0 Å². The zero-order chi connectivity index (χ0) is 22.3. The molecule has 1 saturated heterocycles. The van der Waals surface area contributed by atoms with Crippen molar-refractivity contribution in [3.8, 4) is 11.5 Å². The van der Waals surface area contributed by atoms with Gasteiger partial charge in [-0.05, 0) is 48.6 Å². The van der Waals surface area contributed by atoms with E-state index in [4.69, 9.17) is 15.2 Å². The van der Waals surface area contributed by atoms with Gasteiger partial charge in [-0.1, -0.05) is 24.3 Å². The quantitative estimate of drug-likeness (QED) is 0.476. The van der Waals surface area contributed by atoms with Crippen molar-refractivity contribution in [3.05, 3.63) is 54.1 Å². The van der Waals surface area contributed by atoms with Crippen molar-refractivity contribution < 1.29 is 17.9 Å². The van der Waals surface area contributed by atoms with Crippen LogP contribution < -0.4 is 20.5 Å². The molecular weight excluding hydrogens is 416 g/mol. The van der Waals surface area contributed by atoms with Gasteiger partial charge in [-0.15, -0.1) is 0 Å². The van der Waals surface area contributed by atoms with Crippen LogP contribution in [0.3, 0.4) is 0 Å². The Kier molecular flexibility index (Phi) is 7.75. The summed E-state index contributed by atoms with van der Waals surface area (Å²) in [6, 6.07) is 14.2. The number of rotatable bonds is 8. The molecule has 0 radical (unpaired) electrons. The first-order valence-electron chi connectivity index (χ1n) is 10.2. The van der Waals surface area contributed by atoms with Crippen LogP contribution in [0.2, 0.25) is 0 Å². The molecule has 0 saturated carbocycles. The van der Waals surface area contributed by atoms with E-state index in [9.17, 15) is 8.42 Å². The van der Waals surface area contributed by atoms with Crippen LogP contribution in [0.25, 0.3) is 0 Å². The lowest BCUT2D eigenvalue weighted by molar-refractivity contribution is 0.273. The zero-order valence-corrected chi connectivity index (χ0v) is 18.8. The first kappa shape index (κ1) is 22.9. The van der Waals surface area contributed by atoms with Crippen LogP contribution in [0.4, 0.5) is 0 Å². The van der Waals surface area contributed by atoms with E-state index in [0.29, 0.717) is 54.5 Å². The van der Waals surface area contributed by atoms with E-state index in [1.54, 1.807) is 42.8 Å². The van der Waals surface area contributed by atoms with Crippen LogP contribution in [0.1, 0.15) is 18.4 Å². The Morgan fingerprint density at radius 2 is 1.77 bits per heavy atom. The van der Waals surface area contributed by atoms with Crippen LogP contribution in [0, 0.1) is 5.92 Å². The molecule has 2 aromatic rings. The van der Waals surface area contributed by atoms with Gasteiger partial charge in [0.1, 0.15) is 0 Å². The molecule has 0 bridgehead atoms. The van der Waals surface area contributed by atoms with E-state index in [1.165, 1.54) is 0 Å². The highest BCUT2D eigenvalue weighted by Gasteiger charge is 2.29. The lowest BCUT2D eigenvalue weighted by atomic mass is 9.98. The van der Waals surface area contributed by atoms with Gasteiger partial charge in [0.2, 0.25) is 10.0 Å². The van der Waals surface area contributed by atoms with Crippen molar-refractivity contribution in [2.75, 3.05) is 33.9 Å². The highest BCUT2D eigenvalue weighted by molar-refractivity contribution is 7.89. The molecule has 9 heteroatoms. The van der Waals surface area contributed by atoms with Gasteiger partial charge in [0.15, 0.2) is 17.5 Å². The van der Waals surface area contributed by atoms with E-state index >= 15 is 0 Å². The Morgan fingerprint density at radius 1 is 1.10 bits per heavy atom. The predicted molar refractivity (Wildman–Crippen MR) is 121 cm³/mol. The Morgan fingerprint density at radius 3 is 2.42 bits per heavy atom. The van der Waals surface area contributed by atoms with Gasteiger partial charge in [0, 0.05) is 19.6 Å². The average Bonchev–Trinajstić information content (AvgIpc) is 2.82. The van der Waals surface area contributed by atoms with Crippen LogP contribution in [-0.4, -0.2) is 52.5 Å². The number of nitrogens with two attached hydrogens (primary N) is 1. The molecule has 3 N–H and O–H groups in total. The molecule has 3 rings (SSSR count). The number of piperidine rings is 1. The normalized spacial score (nSPS) is 16.1. The third kappa shape index (κ3) is 5.89. The minimum Gasteiger partial charge on any atom is -0.493 e. The van der Waals surface area contributed by atoms with E-state index < -0.39 is 10.0 Å². The lowest BCUT2D eigenvalue weighted by Gasteiger charge is -2.31. The van der Waals surface area contributed by atoms with Crippen molar-refractivity contribution in [1.82, 2.24) is 9.62 Å². The van der Waals surface area contributed by atoms with Crippen LogP contribution in [-0.2, 0) is 16.6 Å². The number of hydrogen-bond acceptors (Lipinski definition) is 5. The number of hydrogen-bond donors (Lipinski definition) is 2. The second-order valence-electron chi connectivity index (χ2n) is 7.43. The van der Waals surface area contributed by atoms with Gasteiger partial charge in [0.05, 0.1) is 25.7 Å². The Bertz CT molecular complexity index is 988. The van der Waals surface area contributed by atoms with Crippen LogP contribution >= 0.6 is 0 Å². The summed E-state index contributed by atoms with van der Waals surface area (Å²) in [6.45, 7) is 2.10. The van der Waals surface area contributed by atoms with Crippen LogP contribution in [0.5, 0.6) is 11.5 Å². The van der Waals surface area contributed by atoms with Crippen molar-refractivity contribution in [3.63, 3.8) is 0 Å². The van der Waals surface area contributed by atoms with Crippen molar-refractivity contribution >= 4 is 16.0 Å². The summed E-state index contributed by atoms with van der Waals surface area (Å²) in [5.41, 5.74) is 6.97. The maximum atomic E-state index is 12.7. The van der Waals surface area contributed by atoms with Crippen molar-refractivity contribution in [2.45, 2.75) is 24.3 Å². The van der Waals surface area contributed by atoms with Gasteiger partial charge in [-0.3, -0.25) is 0 Å². The SMILES string of the molecule is COc1ccc(CN=C(N)NCC2CCN(S(=O)(=O)c3ccccc3)CC2)cc1OC. The smallest absolute Gasteiger partial charge is 0.243 e. The van der Waals surface area contributed by atoms with Gasteiger partial charge < -0.3 is 20.5 Å². The number of nitrogens with one attached hydrogen (secondary N) is 1. The summed E-state index contributed by atoms with van der Waals surface area (Å²) in [6.07, 6.45) is 1.56. The summed E-state index contributed by atoms with van der Waals surface area (Å²) < 4.78 is 37.5. The largest absolute Gasteiger partial charge is 0.493 e. The van der Waals surface area contributed by atoms with Crippen LogP contribution in [0.15, 0.2) is 58.4 Å². The molecule has 0 unspecified atom stereocenters. The number of methoxy groups -OCH3 is 2.